The normalized spacial score (nSPS) is 13.0. The number of thiol groups is 1. The number of nitrogens with two attached hydrogens (primary N) is 1. The van der Waals surface area contributed by atoms with Gasteiger partial charge in [0.15, 0.2) is 0 Å². The molecule has 0 bridgehead atoms. The van der Waals surface area contributed by atoms with E-state index in [1.54, 1.807) is 49.6 Å². The highest BCUT2D eigenvalue weighted by molar-refractivity contribution is 7.80. The van der Waals surface area contributed by atoms with E-state index >= 15 is 0 Å². The standard InChI is InChI=1S/C33H45N7O9S/c1-20(38-29(43)18-37-28(42)17-36-26(19-50)22-8-10-23(49-2)11-9-22)31(46)39-24(12-13-27(34)41)33(48)40-25(16-21-6-4-3-5-7-21)32(47)35-15-14-30(44)45/h3-11,20,24-26,36,50H,12-19H2,1-2H3,(H2,34,41)(H,35,47)(H,37,42)(H,38,43)(H,39,46)(H,40,48)(H,44,45)/t20-,24-,25-,26?/m0/s1. The SMILES string of the molecule is COc1ccc(C(CS)NCC(=O)NCC(=O)N[C@@H](C)C(=O)N[C@@H](CCC(N)=O)C(=O)N[C@@H](Cc2ccccc2)C(=O)NCCC(=O)O)cc1. The Morgan fingerprint density at radius 3 is 2.06 bits per heavy atom. The number of amides is 6. The molecule has 0 aromatic heterocycles. The Kier molecular flexibility index (Phi) is 17.8. The maximum Gasteiger partial charge on any atom is 0.305 e. The molecule has 0 spiro atoms. The number of carboxylic acid groups (broad SMARTS) is 1. The number of aliphatic carboxylic acids is 1. The zero-order valence-corrected chi connectivity index (χ0v) is 28.8. The monoisotopic (exact) mass is 715 g/mol. The predicted molar refractivity (Wildman–Crippen MR) is 186 cm³/mol. The predicted octanol–water partition coefficient (Wildman–Crippen LogP) is -1.05. The topological polar surface area (TPSA) is 247 Å². The number of carbonyl (C=O) groups excluding carboxylic acids is 6. The second-order valence-electron chi connectivity index (χ2n) is 11.2. The summed E-state index contributed by atoms with van der Waals surface area (Å²) in [5, 5.41) is 24.4. The van der Waals surface area contributed by atoms with Crippen LogP contribution in [-0.4, -0.2) is 97.1 Å². The number of ether oxygens (including phenoxy) is 1. The first-order chi connectivity index (χ1) is 23.8. The molecule has 0 aliphatic rings. The van der Waals surface area contributed by atoms with E-state index in [1.807, 2.05) is 12.1 Å². The molecule has 1 unspecified atom stereocenters. The molecule has 17 heteroatoms. The van der Waals surface area contributed by atoms with Crippen LogP contribution in [0.4, 0.5) is 0 Å². The van der Waals surface area contributed by atoms with Gasteiger partial charge in [0.2, 0.25) is 35.4 Å². The van der Waals surface area contributed by atoms with E-state index in [-0.39, 0.29) is 44.8 Å². The van der Waals surface area contributed by atoms with E-state index in [0.717, 1.165) is 5.56 Å². The molecule has 272 valence electrons. The van der Waals surface area contributed by atoms with Crippen LogP contribution >= 0.6 is 12.6 Å². The Morgan fingerprint density at radius 2 is 1.46 bits per heavy atom. The molecule has 50 heavy (non-hydrogen) atoms. The van der Waals surface area contributed by atoms with Gasteiger partial charge in [-0.05, 0) is 36.6 Å². The van der Waals surface area contributed by atoms with Crippen molar-refractivity contribution in [3.8, 4) is 5.75 Å². The van der Waals surface area contributed by atoms with Crippen LogP contribution in [-0.2, 0) is 40.0 Å². The number of nitrogens with one attached hydrogen (secondary N) is 6. The summed E-state index contributed by atoms with van der Waals surface area (Å²) in [7, 11) is 1.56. The van der Waals surface area contributed by atoms with Gasteiger partial charge in [-0.2, -0.15) is 12.6 Å². The van der Waals surface area contributed by atoms with Gasteiger partial charge in [0, 0.05) is 31.2 Å². The highest BCUT2D eigenvalue weighted by atomic mass is 32.1. The van der Waals surface area contributed by atoms with E-state index in [0.29, 0.717) is 17.1 Å². The average Bonchev–Trinajstić information content (AvgIpc) is 3.09. The van der Waals surface area contributed by atoms with E-state index in [2.05, 4.69) is 44.5 Å². The van der Waals surface area contributed by atoms with Crippen LogP contribution in [0.3, 0.4) is 0 Å². The van der Waals surface area contributed by atoms with Crippen LogP contribution in [0.2, 0.25) is 0 Å². The molecule has 4 atom stereocenters. The zero-order chi connectivity index (χ0) is 37.1. The van der Waals surface area contributed by atoms with Crippen LogP contribution in [0, 0.1) is 0 Å². The quantitative estimate of drug-likeness (QED) is 0.0669. The van der Waals surface area contributed by atoms with Crippen molar-refractivity contribution in [2.75, 3.05) is 32.5 Å². The third-order valence-corrected chi connectivity index (χ3v) is 7.66. The molecule has 0 radical (unpaired) electrons. The summed E-state index contributed by atoms with van der Waals surface area (Å²) in [5.41, 5.74) is 6.86. The fraction of sp³-hybridized carbons (Fsp3) is 0.424. The van der Waals surface area contributed by atoms with Crippen LogP contribution in [0.25, 0.3) is 0 Å². The van der Waals surface area contributed by atoms with Crippen LogP contribution in [0.5, 0.6) is 5.75 Å². The number of hydrogen-bond acceptors (Lipinski definition) is 10. The Hall–Kier alpha value is -5.16. The fourth-order valence-electron chi connectivity index (χ4n) is 4.54. The third kappa shape index (κ3) is 15.4. The Morgan fingerprint density at radius 1 is 0.800 bits per heavy atom. The number of hydrogen-bond donors (Lipinski definition) is 9. The van der Waals surface area contributed by atoms with Crippen molar-refractivity contribution < 1.29 is 43.4 Å². The first kappa shape index (κ1) is 41.0. The van der Waals surface area contributed by atoms with Crippen LogP contribution in [0.15, 0.2) is 54.6 Å². The molecule has 0 saturated carbocycles. The largest absolute Gasteiger partial charge is 0.497 e. The van der Waals surface area contributed by atoms with Gasteiger partial charge in [-0.25, -0.2) is 0 Å². The van der Waals surface area contributed by atoms with Gasteiger partial charge in [0.05, 0.1) is 26.6 Å². The Balaban J connectivity index is 1.96. The molecule has 0 fully saturated rings. The fourth-order valence-corrected chi connectivity index (χ4v) is 4.88. The minimum atomic E-state index is -1.32. The number of primary amides is 1. The zero-order valence-electron chi connectivity index (χ0n) is 27.9. The molecule has 9 N–H and O–H groups in total. The van der Waals surface area contributed by atoms with Gasteiger partial charge in [0.1, 0.15) is 23.9 Å². The van der Waals surface area contributed by atoms with Gasteiger partial charge in [-0.1, -0.05) is 42.5 Å². The summed E-state index contributed by atoms with van der Waals surface area (Å²) >= 11 is 4.33. The lowest BCUT2D eigenvalue weighted by atomic mass is 10.0. The van der Waals surface area contributed by atoms with Gasteiger partial charge >= 0.3 is 5.97 Å². The molecule has 2 rings (SSSR count). The Bertz CT molecular complexity index is 1460. The van der Waals surface area contributed by atoms with Gasteiger partial charge < -0.3 is 47.5 Å². The number of rotatable bonds is 22. The first-order valence-corrected chi connectivity index (χ1v) is 16.4. The average molecular weight is 716 g/mol. The van der Waals surface area contributed by atoms with Crippen molar-refractivity contribution in [3.05, 3.63) is 65.7 Å². The number of carbonyl (C=O) groups is 7. The van der Waals surface area contributed by atoms with Crippen molar-refractivity contribution >= 4 is 54.0 Å². The van der Waals surface area contributed by atoms with E-state index < -0.39 is 66.1 Å². The van der Waals surface area contributed by atoms with Crippen molar-refractivity contribution in [3.63, 3.8) is 0 Å². The van der Waals surface area contributed by atoms with E-state index in [9.17, 15) is 33.6 Å². The highest BCUT2D eigenvalue weighted by Gasteiger charge is 2.29. The van der Waals surface area contributed by atoms with E-state index in [4.69, 9.17) is 15.6 Å². The molecular formula is C33H45N7O9S. The lowest BCUT2D eigenvalue weighted by Crippen LogP contribution is -2.57. The van der Waals surface area contributed by atoms with Gasteiger partial charge in [0.25, 0.3) is 0 Å². The maximum atomic E-state index is 13.3. The molecule has 0 heterocycles. The highest BCUT2D eigenvalue weighted by Crippen LogP contribution is 2.18. The smallest absolute Gasteiger partial charge is 0.305 e. The van der Waals surface area contributed by atoms with Crippen molar-refractivity contribution in [2.45, 2.75) is 56.8 Å². The summed E-state index contributed by atoms with van der Waals surface area (Å²) in [6.45, 7) is 0.640. The summed E-state index contributed by atoms with van der Waals surface area (Å²) in [6, 6.07) is 12.1. The molecule has 0 saturated heterocycles. The molecular weight excluding hydrogens is 670 g/mol. The minimum absolute atomic E-state index is 0.0481. The van der Waals surface area contributed by atoms with Crippen molar-refractivity contribution in [1.82, 2.24) is 31.9 Å². The Labute approximate surface area is 295 Å². The second-order valence-corrected chi connectivity index (χ2v) is 11.6. The molecule has 2 aromatic rings. The minimum Gasteiger partial charge on any atom is -0.497 e. The molecule has 16 nitrogen and oxygen atoms in total. The number of methoxy groups -OCH3 is 1. The third-order valence-electron chi connectivity index (χ3n) is 7.29. The molecule has 0 aliphatic carbocycles. The number of benzene rings is 2. The lowest BCUT2D eigenvalue weighted by molar-refractivity contribution is -0.137. The summed E-state index contributed by atoms with van der Waals surface area (Å²) in [6.07, 6.45) is -0.772. The molecule has 0 aliphatic heterocycles. The van der Waals surface area contributed by atoms with Gasteiger partial charge in [-0.3, -0.25) is 33.6 Å². The lowest BCUT2D eigenvalue weighted by Gasteiger charge is -2.24. The first-order valence-electron chi connectivity index (χ1n) is 15.8. The van der Waals surface area contributed by atoms with Crippen molar-refractivity contribution in [1.29, 1.82) is 0 Å². The van der Waals surface area contributed by atoms with E-state index in [1.165, 1.54) is 6.92 Å². The maximum absolute atomic E-state index is 13.3. The van der Waals surface area contributed by atoms with Crippen LogP contribution in [0.1, 0.15) is 43.4 Å². The molecule has 2 aromatic carbocycles. The van der Waals surface area contributed by atoms with Gasteiger partial charge in [-0.15, -0.1) is 0 Å². The second kappa shape index (κ2) is 21.7. The van der Waals surface area contributed by atoms with Crippen LogP contribution < -0.4 is 42.4 Å². The number of carboxylic acids is 1. The summed E-state index contributed by atoms with van der Waals surface area (Å²) in [4.78, 5) is 86.6. The summed E-state index contributed by atoms with van der Waals surface area (Å²) in [5.74, 6) is -4.15. The molecule has 6 amide bonds. The summed E-state index contributed by atoms with van der Waals surface area (Å²) < 4.78 is 5.15. The van der Waals surface area contributed by atoms with Crippen molar-refractivity contribution in [2.24, 2.45) is 5.73 Å².